The van der Waals surface area contributed by atoms with Crippen LogP contribution in [0.25, 0.3) is 10.9 Å². The van der Waals surface area contributed by atoms with E-state index in [4.69, 9.17) is 29.4 Å². The summed E-state index contributed by atoms with van der Waals surface area (Å²) in [7, 11) is 4.15. The average molecular weight is 1850 g/mol. The van der Waals surface area contributed by atoms with Gasteiger partial charge in [0.25, 0.3) is 11.8 Å². The summed E-state index contributed by atoms with van der Waals surface area (Å²) >= 11 is 0.999. The van der Waals surface area contributed by atoms with Crippen LogP contribution in [0.3, 0.4) is 0 Å². The third-order valence-electron chi connectivity index (χ3n) is 23.1. The minimum absolute atomic E-state index is 0.00645. The van der Waals surface area contributed by atoms with Gasteiger partial charge in [-0.25, -0.2) is 19.1 Å². The Bertz CT molecular complexity index is 4750. The number of aliphatic carboxylic acids is 1. The van der Waals surface area contributed by atoms with E-state index in [1.807, 2.05) is 0 Å². The van der Waals surface area contributed by atoms with Gasteiger partial charge >= 0.3 is 24.2 Å². The van der Waals surface area contributed by atoms with Crippen molar-refractivity contribution in [3.63, 3.8) is 0 Å². The number of benzene rings is 2. The monoisotopic (exact) mass is 1850 g/mol. The lowest BCUT2D eigenvalue weighted by Crippen LogP contribution is -2.56. The molecule has 131 heavy (non-hydrogen) atoms. The van der Waals surface area contributed by atoms with Crippen LogP contribution in [-0.4, -0.2) is 303 Å². The number of carboxylic acids is 1. The molecule has 4 aliphatic rings. The number of aliphatic hydroxyl groups excluding tert-OH is 2. The molecule has 14 N–H and O–H groups in total. The molecule has 6 heterocycles. The number of H-pyrrole nitrogens is 1. The summed E-state index contributed by atoms with van der Waals surface area (Å²) < 4.78 is 29.8. The number of carbonyl (C=O) groups is 18. The molecule has 0 aliphatic carbocycles. The van der Waals surface area contributed by atoms with Crippen molar-refractivity contribution in [2.45, 2.75) is 198 Å². The molecule has 0 spiro atoms. The van der Waals surface area contributed by atoms with Gasteiger partial charge in [0.05, 0.1) is 120 Å². The highest BCUT2D eigenvalue weighted by Gasteiger charge is 2.47. The molecule has 1 saturated heterocycles. The first-order valence-electron chi connectivity index (χ1n) is 43.7. The van der Waals surface area contributed by atoms with E-state index >= 15 is 14.4 Å². The Kier molecular flexibility index (Phi) is 40.8. The van der Waals surface area contributed by atoms with Gasteiger partial charge in [0.1, 0.15) is 42.0 Å². The highest BCUT2D eigenvalue weighted by molar-refractivity contribution is 7.99. The molecule has 0 saturated carbocycles. The number of unbranched alkanes of at least 4 members (excludes halogenated alkanes) is 1. The maximum Gasteiger partial charge on any atom is 0.409 e. The topological polar surface area (TPSA) is 596 Å². The van der Waals surface area contributed by atoms with Crippen molar-refractivity contribution in [2.75, 3.05) is 105 Å². The van der Waals surface area contributed by atoms with Crippen LogP contribution in [0.5, 0.6) is 5.75 Å². The molecule has 44 heteroatoms. The highest BCUT2D eigenvalue weighted by atomic mass is 32.2. The van der Waals surface area contributed by atoms with Crippen LogP contribution in [0.15, 0.2) is 65.8 Å². The predicted molar refractivity (Wildman–Crippen MR) is 468 cm³/mol. The molecule has 1 fully saturated rings. The van der Waals surface area contributed by atoms with E-state index in [9.17, 15) is 87.2 Å². The highest BCUT2D eigenvalue weighted by Crippen LogP contribution is 2.37. The Labute approximate surface area is 760 Å². The van der Waals surface area contributed by atoms with Crippen LogP contribution < -0.4 is 53.0 Å². The molecule has 12 atom stereocenters. The molecule has 2 aromatic carbocycles. The zero-order chi connectivity index (χ0) is 95.7. The largest absolute Gasteiger partial charge is 0.497 e. The lowest BCUT2D eigenvalue weighted by Gasteiger charge is -2.32. The number of imide groups is 1. The molecule has 14 amide bonds. The average Bonchev–Trinajstić information content (AvgIpc) is 1.66. The number of aromatic nitrogens is 4. The standard InChI is InChI=1S/C87H121N17O26S/c1-9-50(4)78-82(121)91-43-73(114)93-63-48-131-83-61(60-20-19-58(126-8)40-62(60)94-83)35-54(65(106)21-22-71(112)96-78)37-68(109)79(51(5)69(110)46-105)97-81(120)64-41-59(45-104(64)84(122)55(38-66(63)107)39-76(117)118)130-87(125)101(7)29-28-100(6)86(124)129-47-52-15-17-56(18-16-52)92-80(119)53(13-12-26-89-85(88)123)36-67(108)77(49(2)3)95-72(113)25-31-127-33-34-128-32-30-102-44-57(98-99-102)42-90-70(111)14-10-11-27-103-74(115)23-24-75(103)116/h15-20,23-24,40,44,49-51,53-55,59,63-64,69,77-79,94,105,110H,9-14,21-22,25-39,41-43,45-48H2,1-8H3,(H,90,111)(H,91,121)(H,92,119)(H,93,114)(H,95,113)(H,96,112)(H,97,120)(H,117,118)(H3,88,89,123)/t50-,51-,53+,54?,55-,59-,63+,64+,69-,77-,78+,79+/m0/s1. The lowest BCUT2D eigenvalue weighted by atomic mass is 9.83. The van der Waals surface area contributed by atoms with Gasteiger partial charge in [0, 0.05) is 144 Å². The molecule has 0 radical (unpaired) electrons. The molecule has 716 valence electrons. The smallest absolute Gasteiger partial charge is 0.409 e. The third kappa shape index (κ3) is 32.1. The van der Waals surface area contributed by atoms with Gasteiger partial charge in [-0.3, -0.25) is 76.8 Å². The fraction of sp³-hybridized carbons (Fsp3) is 0.586. The second-order valence-corrected chi connectivity index (χ2v) is 34.3. The number of aliphatic hydroxyl groups is 2. The molecule has 2 bridgehead atoms. The van der Waals surface area contributed by atoms with E-state index in [0.29, 0.717) is 70.0 Å². The summed E-state index contributed by atoms with van der Waals surface area (Å²) in [6, 6.07) is 3.25. The molecule has 4 aliphatic heterocycles. The zero-order valence-electron chi connectivity index (χ0n) is 74.8. The van der Waals surface area contributed by atoms with E-state index in [-0.39, 0.29) is 134 Å². The van der Waals surface area contributed by atoms with Gasteiger partial charge in [0.2, 0.25) is 47.3 Å². The lowest BCUT2D eigenvalue weighted by molar-refractivity contribution is -0.148. The van der Waals surface area contributed by atoms with Crippen molar-refractivity contribution >= 4 is 135 Å². The normalized spacial score (nSPS) is 20.3. The molecular formula is C87H121N17O26S. The van der Waals surface area contributed by atoms with Crippen LogP contribution >= 0.6 is 11.8 Å². The summed E-state index contributed by atoms with van der Waals surface area (Å²) in [5.74, 6) is -17.0. The second-order valence-electron chi connectivity index (χ2n) is 33.3. The first kappa shape index (κ1) is 104. The van der Waals surface area contributed by atoms with Crippen molar-refractivity contribution in [1.82, 2.24) is 76.8 Å². The van der Waals surface area contributed by atoms with Gasteiger partial charge in [-0.15, -0.1) is 16.9 Å². The first-order valence-corrected chi connectivity index (χ1v) is 44.7. The minimum atomic E-state index is -1.78. The summed E-state index contributed by atoms with van der Waals surface area (Å²) in [4.78, 5) is 253. The second kappa shape index (κ2) is 51.3. The van der Waals surface area contributed by atoms with Crippen LogP contribution in [0, 0.1) is 35.5 Å². The summed E-state index contributed by atoms with van der Waals surface area (Å²) in [6.07, 6.45) is -3.51. The summed E-state index contributed by atoms with van der Waals surface area (Å²) in [6.45, 7) is 6.83. The van der Waals surface area contributed by atoms with Crippen molar-refractivity contribution in [1.29, 1.82) is 0 Å². The number of nitrogens with two attached hydrogens (primary N) is 1. The number of primary amides is 1. The van der Waals surface area contributed by atoms with Crippen molar-refractivity contribution < 1.29 is 125 Å². The number of ketones is 4. The number of carboxylic acid groups (broad SMARTS) is 1. The number of anilines is 1. The van der Waals surface area contributed by atoms with E-state index in [0.717, 1.165) is 31.4 Å². The fourth-order valence-corrected chi connectivity index (χ4v) is 16.3. The molecule has 4 aromatic rings. The summed E-state index contributed by atoms with van der Waals surface area (Å²) in [5.41, 5.74) is 7.51. The van der Waals surface area contributed by atoms with E-state index < -0.39 is 219 Å². The molecule has 2 aromatic heterocycles. The number of ether oxygens (including phenoxy) is 5. The number of hydrogen-bond acceptors (Lipinski definition) is 28. The number of rotatable bonds is 41. The quantitative estimate of drug-likeness (QED) is 0.0220. The predicted octanol–water partition coefficient (Wildman–Crippen LogP) is 1.26. The van der Waals surface area contributed by atoms with Gasteiger partial charge in [-0.2, -0.15) is 0 Å². The third-order valence-corrected chi connectivity index (χ3v) is 24.3. The molecule has 43 nitrogen and oxygen atoms in total. The summed E-state index contributed by atoms with van der Waals surface area (Å²) in [5, 5.41) is 62.2. The van der Waals surface area contributed by atoms with Crippen LogP contribution in [0.1, 0.15) is 141 Å². The maximum atomic E-state index is 15.2. The van der Waals surface area contributed by atoms with Gasteiger partial charge in [-0.05, 0) is 79.3 Å². The number of aromatic amines is 1. The van der Waals surface area contributed by atoms with E-state index in [1.54, 1.807) is 81.0 Å². The van der Waals surface area contributed by atoms with Gasteiger partial charge in [0.15, 0.2) is 17.3 Å². The van der Waals surface area contributed by atoms with Crippen molar-refractivity contribution in [3.8, 4) is 5.75 Å². The number of urea groups is 1. The van der Waals surface area contributed by atoms with Gasteiger partial charge in [-0.1, -0.05) is 58.4 Å². The number of likely N-dealkylation sites (N-methyl/N-ethyl adjacent to an activating group) is 2. The Hall–Kier alpha value is -12.3. The number of Topliss-reactive ketones (excluding diaryl/α,β-unsaturated/α-hetero) is 4. The SMILES string of the molecule is CC[C@H](C)[C@H]1NC(=O)CCC(=O)C2CC(=O)[C@@H]([C@@H](C)[C@@H](O)CO)NC(=O)[C@H]3C[C@H](OC(=O)N(C)CCN(C)C(=O)OCc4ccc(NC(=O)[C@H](CCCNC(N)=O)CC(=O)[C@@H](NC(=O)CCOCCOCCn5cc(CNC(=O)CCCCN6C(=O)C=CC6=O)nn5)C(C)C)cc4)CN3C(=O)[C@H](CC(=O)O)CC(=O)[C@@H](CSc3[nH]c4cc(OC)ccc4c3C2)NC(=O)CNC1=O. The number of hydrogen-bond donors (Lipinski definition) is 13. The Morgan fingerprint density at radius 2 is 1.47 bits per heavy atom. The molecular weight excluding hydrogens is 1730 g/mol. The van der Waals surface area contributed by atoms with Gasteiger partial charge < -0.3 is 107 Å². The number of methoxy groups -OCH3 is 1. The fourth-order valence-electron chi connectivity index (χ4n) is 15.1. The first-order chi connectivity index (χ1) is 62.4. The van der Waals surface area contributed by atoms with Crippen molar-refractivity contribution in [3.05, 3.63) is 77.6 Å². The Morgan fingerprint density at radius 3 is 2.15 bits per heavy atom. The number of fused-ring (bicyclic) bond motifs is 5. The van der Waals surface area contributed by atoms with E-state index in [2.05, 4.69) is 57.8 Å². The molecule has 1 unspecified atom stereocenters. The number of nitrogens with one attached hydrogen (secondary N) is 9. The van der Waals surface area contributed by atoms with Crippen molar-refractivity contribution in [2.24, 2.45) is 41.2 Å². The van der Waals surface area contributed by atoms with Crippen LogP contribution in [-0.2, 0) is 117 Å². The molecule has 8 rings (SSSR count). The maximum absolute atomic E-state index is 15.2. The number of amides is 14. The zero-order valence-corrected chi connectivity index (χ0v) is 75.7. The number of thioether (sulfide) groups is 1. The van der Waals surface area contributed by atoms with Crippen LogP contribution in [0.2, 0.25) is 0 Å². The van der Waals surface area contributed by atoms with Crippen LogP contribution in [0.4, 0.5) is 20.1 Å². The number of nitrogens with zero attached hydrogens (tertiary/aromatic N) is 7. The Morgan fingerprint density at radius 1 is 0.756 bits per heavy atom. The minimum Gasteiger partial charge on any atom is -0.497 e. The number of carbonyl (C=O) groups excluding carboxylic acids is 17. The Balaban J connectivity index is 0.854. The van der Waals surface area contributed by atoms with E-state index in [1.165, 1.54) is 40.3 Å².